The van der Waals surface area contributed by atoms with Crippen LogP contribution in [-0.2, 0) is 9.53 Å². The van der Waals surface area contributed by atoms with Gasteiger partial charge in [0, 0.05) is 36.2 Å². The van der Waals surface area contributed by atoms with Crippen LogP contribution in [0.15, 0.2) is 6.07 Å². The lowest BCUT2D eigenvalue weighted by Gasteiger charge is -2.45. The Morgan fingerprint density at radius 3 is 2.29 bits per heavy atom. The minimum Gasteiger partial charge on any atom is -0.475 e. The Labute approximate surface area is 185 Å². The number of nitrogens with zero attached hydrogens (tertiary/aromatic N) is 2. The summed E-state index contributed by atoms with van der Waals surface area (Å²) >= 11 is 1.63. The first-order valence-electron chi connectivity index (χ1n) is 10.4. The fraction of sp³-hybridized carbons (Fsp3) is 0.714. The van der Waals surface area contributed by atoms with Gasteiger partial charge in [-0.25, -0.2) is 4.79 Å². The van der Waals surface area contributed by atoms with Crippen molar-refractivity contribution in [3.05, 3.63) is 21.4 Å². The predicted octanol–water partition coefficient (Wildman–Crippen LogP) is 4.10. The predicted molar refractivity (Wildman–Crippen MR) is 113 cm³/mol. The number of amides is 1. The molecule has 1 amide bonds. The molecule has 2 saturated heterocycles. The van der Waals surface area contributed by atoms with E-state index < -0.39 is 12.1 Å². The van der Waals surface area contributed by atoms with Gasteiger partial charge in [0.25, 0.3) is 5.91 Å². The fourth-order valence-corrected chi connectivity index (χ4v) is 5.21. The maximum absolute atomic E-state index is 12.8. The highest BCUT2D eigenvalue weighted by atomic mass is 32.1. The van der Waals surface area contributed by atoms with Gasteiger partial charge in [-0.1, -0.05) is 0 Å². The first-order chi connectivity index (χ1) is 14.4. The number of carboxylic acid groups (broad SMARTS) is 1. The number of aliphatic carboxylic acids is 1. The molecule has 0 aliphatic carbocycles. The molecular weight excluding hydrogens is 433 g/mol. The molecule has 1 aromatic rings. The number of likely N-dealkylation sites (tertiary alicyclic amines) is 2. The molecule has 31 heavy (non-hydrogen) atoms. The fourth-order valence-electron chi connectivity index (χ4n) is 4.20. The first kappa shape index (κ1) is 25.6. The Hall–Kier alpha value is -1.65. The summed E-state index contributed by atoms with van der Waals surface area (Å²) in [5.74, 6) is -2.54. The van der Waals surface area contributed by atoms with Crippen LogP contribution in [0.2, 0.25) is 0 Å². The molecule has 3 heterocycles. The summed E-state index contributed by atoms with van der Waals surface area (Å²) in [5, 5.41) is 7.12. The highest BCUT2D eigenvalue weighted by Crippen LogP contribution is 2.41. The van der Waals surface area contributed by atoms with Gasteiger partial charge in [0.1, 0.15) is 0 Å². The maximum Gasteiger partial charge on any atom is 0.490 e. The quantitative estimate of drug-likeness (QED) is 0.727. The van der Waals surface area contributed by atoms with Gasteiger partial charge in [0.05, 0.1) is 11.5 Å². The lowest BCUT2D eigenvalue weighted by Crippen LogP contribution is -2.54. The van der Waals surface area contributed by atoms with Crippen molar-refractivity contribution in [1.82, 2.24) is 9.80 Å². The van der Waals surface area contributed by atoms with E-state index >= 15 is 0 Å². The second-order valence-electron chi connectivity index (χ2n) is 8.13. The average molecular weight is 465 g/mol. The van der Waals surface area contributed by atoms with Crippen LogP contribution in [0.3, 0.4) is 0 Å². The number of halogens is 3. The number of hydrogen-bond donors (Lipinski definition) is 1. The summed E-state index contributed by atoms with van der Waals surface area (Å²) in [6.07, 6.45) is -0.462. The minimum absolute atomic E-state index is 0.220. The molecule has 0 radical (unpaired) electrons. The van der Waals surface area contributed by atoms with Crippen LogP contribution in [0, 0.1) is 13.8 Å². The lowest BCUT2D eigenvalue weighted by atomic mass is 9.85. The summed E-state index contributed by atoms with van der Waals surface area (Å²) in [6, 6.07) is 2.58. The molecule has 176 valence electrons. The number of aryl methyl sites for hydroxylation is 2. The van der Waals surface area contributed by atoms with E-state index in [4.69, 9.17) is 14.6 Å². The van der Waals surface area contributed by atoms with Gasteiger partial charge in [0.2, 0.25) is 0 Å². The number of hydrogen-bond acceptors (Lipinski definition) is 5. The van der Waals surface area contributed by atoms with Crippen molar-refractivity contribution in [1.29, 1.82) is 0 Å². The summed E-state index contributed by atoms with van der Waals surface area (Å²) < 4.78 is 37.4. The molecular formula is C21H31F3N2O4S. The van der Waals surface area contributed by atoms with Crippen LogP contribution >= 0.6 is 11.3 Å². The third-order valence-corrected chi connectivity index (χ3v) is 7.49. The largest absolute Gasteiger partial charge is 0.490 e. The van der Waals surface area contributed by atoms with E-state index in [9.17, 15) is 18.0 Å². The Morgan fingerprint density at radius 2 is 1.84 bits per heavy atom. The minimum atomic E-state index is -5.08. The Kier molecular flexibility index (Phi) is 8.52. The molecule has 2 aliphatic heterocycles. The van der Waals surface area contributed by atoms with Gasteiger partial charge < -0.3 is 14.7 Å². The second kappa shape index (κ2) is 10.3. The zero-order valence-corrected chi connectivity index (χ0v) is 19.2. The highest BCUT2D eigenvalue weighted by molar-refractivity contribution is 7.14. The molecule has 1 unspecified atom stereocenters. The smallest absolute Gasteiger partial charge is 0.475 e. The number of alkyl halides is 3. The summed E-state index contributed by atoms with van der Waals surface area (Å²) in [4.78, 5) is 28.4. The van der Waals surface area contributed by atoms with E-state index in [2.05, 4.69) is 37.6 Å². The van der Waals surface area contributed by atoms with Crippen LogP contribution < -0.4 is 0 Å². The maximum atomic E-state index is 12.8. The van der Waals surface area contributed by atoms with Crippen LogP contribution in [-0.4, -0.2) is 77.9 Å². The zero-order chi connectivity index (χ0) is 23.4. The van der Waals surface area contributed by atoms with E-state index in [1.165, 1.54) is 23.3 Å². The molecule has 1 N–H and O–H groups in total. The normalized spacial score (nSPS) is 21.1. The van der Waals surface area contributed by atoms with E-state index in [-0.39, 0.29) is 11.4 Å². The van der Waals surface area contributed by atoms with E-state index in [1.54, 1.807) is 11.3 Å². The molecule has 0 saturated carbocycles. The second-order valence-corrected chi connectivity index (χ2v) is 9.39. The van der Waals surface area contributed by atoms with Crippen molar-refractivity contribution >= 4 is 23.2 Å². The van der Waals surface area contributed by atoms with Crippen molar-refractivity contribution in [3.8, 4) is 0 Å². The molecule has 3 rings (SSSR count). The topological polar surface area (TPSA) is 70.1 Å². The molecule has 2 aliphatic rings. The van der Waals surface area contributed by atoms with Crippen molar-refractivity contribution in [2.75, 3.05) is 33.4 Å². The van der Waals surface area contributed by atoms with Gasteiger partial charge in [-0.3, -0.25) is 9.69 Å². The van der Waals surface area contributed by atoms with E-state index in [0.717, 1.165) is 44.0 Å². The molecule has 0 aromatic carbocycles. The number of rotatable bonds is 4. The van der Waals surface area contributed by atoms with Gasteiger partial charge >= 0.3 is 12.1 Å². The van der Waals surface area contributed by atoms with E-state index in [0.29, 0.717) is 6.04 Å². The summed E-state index contributed by atoms with van der Waals surface area (Å²) in [7, 11) is 2.25. The first-order valence-corrected chi connectivity index (χ1v) is 11.2. The molecule has 0 bridgehead atoms. The number of ether oxygens (including phenoxy) is 1. The number of carbonyl (C=O) groups excluding carboxylic acids is 1. The average Bonchev–Trinajstić information content (AvgIpc) is 3.20. The van der Waals surface area contributed by atoms with Crippen molar-refractivity contribution in [2.45, 2.75) is 64.2 Å². The van der Waals surface area contributed by atoms with Crippen LogP contribution in [0.1, 0.15) is 52.7 Å². The molecule has 6 nitrogen and oxygen atoms in total. The monoisotopic (exact) mass is 464 g/mol. The Bertz CT molecular complexity index is 754. The molecule has 2 fully saturated rings. The highest BCUT2D eigenvalue weighted by Gasteiger charge is 2.46. The number of thiophene rings is 1. The standard InChI is InChI=1S/C19H30N2O2S.C2HF3O2/c1-5-23-13-16-6-7-19(20(16)4)8-10-21(11-9-19)18(22)17-12-14(2)15(3)24-17;3-2(4,5)1(6)7/h12,16H,5-11,13H2,1-4H3;(H,6,7). The third kappa shape index (κ3) is 6.20. The SMILES string of the molecule is CCOCC1CCC2(CCN(C(=O)c3cc(C)c(C)s3)CC2)N1C.O=C(O)C(F)(F)F. The molecule has 1 aromatic heterocycles. The van der Waals surface area contributed by atoms with Gasteiger partial charge in [0.15, 0.2) is 0 Å². The van der Waals surface area contributed by atoms with Crippen LogP contribution in [0.4, 0.5) is 13.2 Å². The van der Waals surface area contributed by atoms with Gasteiger partial charge in [-0.05, 0) is 65.1 Å². The van der Waals surface area contributed by atoms with Crippen molar-refractivity contribution in [3.63, 3.8) is 0 Å². The zero-order valence-electron chi connectivity index (χ0n) is 18.4. The number of likely N-dealkylation sites (N-methyl/N-ethyl adjacent to an activating group) is 1. The van der Waals surface area contributed by atoms with Crippen molar-refractivity contribution < 1.29 is 32.6 Å². The third-order valence-electron chi connectivity index (χ3n) is 6.35. The van der Waals surface area contributed by atoms with Crippen LogP contribution in [0.5, 0.6) is 0 Å². The Morgan fingerprint density at radius 1 is 1.26 bits per heavy atom. The van der Waals surface area contributed by atoms with Crippen LogP contribution in [0.25, 0.3) is 0 Å². The lowest BCUT2D eigenvalue weighted by molar-refractivity contribution is -0.192. The van der Waals surface area contributed by atoms with Gasteiger partial charge in [-0.15, -0.1) is 11.3 Å². The van der Waals surface area contributed by atoms with E-state index in [1.807, 2.05) is 6.07 Å². The summed E-state index contributed by atoms with van der Waals surface area (Å²) in [5.41, 5.74) is 1.51. The number of carboxylic acids is 1. The van der Waals surface area contributed by atoms with Gasteiger partial charge in [-0.2, -0.15) is 13.2 Å². The molecule has 1 spiro atoms. The van der Waals surface area contributed by atoms with Crippen molar-refractivity contribution in [2.24, 2.45) is 0 Å². The summed E-state index contributed by atoms with van der Waals surface area (Å²) in [6.45, 7) is 9.61. The molecule has 10 heteroatoms. The molecule has 1 atom stereocenters. The number of carbonyl (C=O) groups is 2. The number of piperidine rings is 1. The Balaban J connectivity index is 0.000000423.